The maximum atomic E-state index is 11.5. The lowest BCUT2D eigenvalue weighted by atomic mass is 9.98. The summed E-state index contributed by atoms with van der Waals surface area (Å²) >= 11 is 0. The summed E-state index contributed by atoms with van der Waals surface area (Å²) in [5.74, 6) is 0.549. The molecule has 6 nitrogen and oxygen atoms in total. The number of nitro groups is 1. The molecule has 0 amide bonds. The van der Waals surface area contributed by atoms with Gasteiger partial charge in [0.25, 0.3) is 5.69 Å². The molecule has 0 radical (unpaired) electrons. The highest BCUT2D eigenvalue weighted by Crippen LogP contribution is 2.38. The molecule has 134 valence electrons. The van der Waals surface area contributed by atoms with E-state index in [2.05, 4.69) is 6.07 Å². The van der Waals surface area contributed by atoms with Crippen LogP contribution in [0.15, 0.2) is 54.6 Å². The zero-order chi connectivity index (χ0) is 19.4. The molecule has 0 unspecified atom stereocenters. The van der Waals surface area contributed by atoms with Crippen molar-refractivity contribution in [1.82, 2.24) is 0 Å². The summed E-state index contributed by atoms with van der Waals surface area (Å²) in [4.78, 5) is 11.0. The smallest absolute Gasteiger partial charge is 0.281 e. The fourth-order valence-electron chi connectivity index (χ4n) is 2.94. The fourth-order valence-corrected chi connectivity index (χ4v) is 2.94. The number of rotatable bonds is 5. The minimum atomic E-state index is -0.536. The SMILES string of the molecule is COc1cc(C(C#N)=Cc2cccc3ccccc23)c([N+](=O)[O-])cc1OC. The molecule has 3 rings (SSSR count). The van der Waals surface area contributed by atoms with Gasteiger partial charge in [0.2, 0.25) is 0 Å². The summed E-state index contributed by atoms with van der Waals surface area (Å²) in [6.07, 6.45) is 1.65. The van der Waals surface area contributed by atoms with Gasteiger partial charge in [-0.2, -0.15) is 5.26 Å². The van der Waals surface area contributed by atoms with Crippen LogP contribution in [-0.4, -0.2) is 19.1 Å². The summed E-state index contributed by atoms with van der Waals surface area (Å²) in [6.45, 7) is 0. The van der Waals surface area contributed by atoms with Gasteiger partial charge in [0.1, 0.15) is 6.07 Å². The Bertz CT molecular complexity index is 1090. The predicted molar refractivity (Wildman–Crippen MR) is 104 cm³/mol. The zero-order valence-electron chi connectivity index (χ0n) is 14.8. The lowest BCUT2D eigenvalue weighted by Crippen LogP contribution is -1.99. The van der Waals surface area contributed by atoms with Gasteiger partial charge in [0, 0.05) is 0 Å². The highest BCUT2D eigenvalue weighted by Gasteiger charge is 2.22. The second-order valence-corrected chi connectivity index (χ2v) is 5.72. The molecule has 0 heterocycles. The molecule has 3 aromatic rings. The molecule has 0 fully saturated rings. The quantitative estimate of drug-likeness (QED) is 0.281. The highest BCUT2D eigenvalue weighted by atomic mass is 16.6. The molecule has 0 aliphatic rings. The lowest BCUT2D eigenvalue weighted by molar-refractivity contribution is -0.385. The van der Waals surface area contributed by atoms with E-state index in [0.717, 1.165) is 16.3 Å². The first kappa shape index (κ1) is 18.0. The summed E-state index contributed by atoms with van der Waals surface area (Å²) in [6, 6.07) is 18.3. The second kappa shape index (κ2) is 7.58. The van der Waals surface area contributed by atoms with Crippen LogP contribution in [0, 0.1) is 21.4 Å². The average molecular weight is 360 g/mol. The van der Waals surface area contributed by atoms with E-state index >= 15 is 0 Å². The van der Waals surface area contributed by atoms with E-state index in [9.17, 15) is 15.4 Å². The van der Waals surface area contributed by atoms with Crippen molar-refractivity contribution < 1.29 is 14.4 Å². The molecule has 0 aliphatic carbocycles. The van der Waals surface area contributed by atoms with Crippen molar-refractivity contribution in [2.75, 3.05) is 14.2 Å². The Balaban J connectivity index is 2.25. The molecular formula is C21H16N2O4. The normalized spacial score (nSPS) is 11.1. The number of methoxy groups -OCH3 is 2. The number of nitro benzene ring substituents is 1. The van der Waals surface area contributed by atoms with Gasteiger partial charge in [-0.25, -0.2) is 0 Å². The van der Waals surface area contributed by atoms with Crippen LogP contribution in [-0.2, 0) is 0 Å². The Morgan fingerprint density at radius 1 is 1.07 bits per heavy atom. The summed E-state index contributed by atoms with van der Waals surface area (Å²) < 4.78 is 10.4. The van der Waals surface area contributed by atoms with Gasteiger partial charge in [-0.3, -0.25) is 10.1 Å². The Hall–Kier alpha value is -3.85. The summed E-state index contributed by atoms with van der Waals surface area (Å²) in [5, 5.41) is 23.2. The van der Waals surface area contributed by atoms with Crippen LogP contribution in [0.4, 0.5) is 5.69 Å². The topological polar surface area (TPSA) is 85.4 Å². The van der Waals surface area contributed by atoms with Gasteiger partial charge in [0.05, 0.1) is 36.3 Å². The Morgan fingerprint density at radius 3 is 2.41 bits per heavy atom. The fraction of sp³-hybridized carbons (Fsp3) is 0.0952. The molecule has 0 saturated carbocycles. The van der Waals surface area contributed by atoms with E-state index in [1.54, 1.807) is 6.08 Å². The lowest BCUT2D eigenvalue weighted by Gasteiger charge is -2.10. The van der Waals surface area contributed by atoms with Crippen molar-refractivity contribution in [2.24, 2.45) is 0 Å². The van der Waals surface area contributed by atoms with Crippen LogP contribution in [0.2, 0.25) is 0 Å². The van der Waals surface area contributed by atoms with Crippen molar-refractivity contribution in [3.8, 4) is 17.6 Å². The van der Waals surface area contributed by atoms with Crippen molar-refractivity contribution in [2.45, 2.75) is 0 Å². The van der Waals surface area contributed by atoms with Gasteiger partial charge < -0.3 is 9.47 Å². The molecule has 0 saturated heterocycles. The molecule has 27 heavy (non-hydrogen) atoms. The van der Waals surface area contributed by atoms with Crippen molar-refractivity contribution >= 4 is 28.1 Å². The molecular weight excluding hydrogens is 344 g/mol. The molecule has 0 spiro atoms. The van der Waals surface area contributed by atoms with E-state index in [4.69, 9.17) is 9.47 Å². The standard InChI is InChI=1S/C21H16N2O4/c1-26-20-11-18(19(23(24)25)12-21(20)27-2)16(13-22)10-15-8-5-7-14-6-3-4-9-17(14)15/h3-12H,1-2H3. The first-order chi connectivity index (χ1) is 13.1. The van der Waals surface area contributed by atoms with Crippen molar-refractivity contribution in [3.05, 3.63) is 75.8 Å². The third-order valence-electron chi connectivity index (χ3n) is 4.23. The molecule has 0 aromatic heterocycles. The third kappa shape index (κ3) is 3.44. The minimum Gasteiger partial charge on any atom is -0.493 e. The number of nitriles is 1. The van der Waals surface area contributed by atoms with E-state index in [1.165, 1.54) is 26.4 Å². The van der Waals surface area contributed by atoms with Gasteiger partial charge in [-0.1, -0.05) is 42.5 Å². The number of ether oxygens (including phenoxy) is 2. The molecule has 3 aromatic carbocycles. The van der Waals surface area contributed by atoms with Crippen LogP contribution in [0.25, 0.3) is 22.4 Å². The zero-order valence-corrected chi connectivity index (χ0v) is 14.8. The molecule has 0 N–H and O–H groups in total. The number of fused-ring (bicyclic) bond motifs is 1. The minimum absolute atomic E-state index is 0.166. The largest absolute Gasteiger partial charge is 0.493 e. The summed E-state index contributed by atoms with van der Waals surface area (Å²) in [5.41, 5.74) is 0.918. The van der Waals surface area contributed by atoms with Crippen LogP contribution in [0.5, 0.6) is 11.5 Å². The van der Waals surface area contributed by atoms with Gasteiger partial charge >= 0.3 is 0 Å². The van der Waals surface area contributed by atoms with E-state index in [-0.39, 0.29) is 22.6 Å². The Kier molecular flexibility index (Phi) is 5.04. The highest BCUT2D eigenvalue weighted by molar-refractivity contribution is 6.00. The predicted octanol–water partition coefficient (Wildman–Crippen LogP) is 4.83. The first-order valence-electron chi connectivity index (χ1n) is 8.09. The van der Waals surface area contributed by atoms with Crippen LogP contribution in [0.3, 0.4) is 0 Å². The Morgan fingerprint density at radius 2 is 1.74 bits per heavy atom. The number of nitrogens with zero attached hydrogens (tertiary/aromatic N) is 2. The number of benzene rings is 3. The van der Waals surface area contributed by atoms with Crippen LogP contribution < -0.4 is 9.47 Å². The summed E-state index contributed by atoms with van der Waals surface area (Å²) in [7, 11) is 2.84. The van der Waals surface area contributed by atoms with Crippen LogP contribution >= 0.6 is 0 Å². The van der Waals surface area contributed by atoms with E-state index in [1.807, 2.05) is 42.5 Å². The van der Waals surface area contributed by atoms with Gasteiger partial charge in [0.15, 0.2) is 11.5 Å². The van der Waals surface area contributed by atoms with Crippen molar-refractivity contribution in [3.63, 3.8) is 0 Å². The molecule has 0 aliphatic heterocycles. The second-order valence-electron chi connectivity index (χ2n) is 5.72. The maximum absolute atomic E-state index is 11.5. The number of allylic oxidation sites excluding steroid dienone is 1. The molecule has 0 bridgehead atoms. The first-order valence-corrected chi connectivity index (χ1v) is 8.09. The van der Waals surface area contributed by atoms with E-state index in [0.29, 0.717) is 5.75 Å². The number of hydrogen-bond acceptors (Lipinski definition) is 5. The van der Waals surface area contributed by atoms with Crippen molar-refractivity contribution in [1.29, 1.82) is 5.26 Å². The molecule has 6 heteroatoms. The van der Waals surface area contributed by atoms with Gasteiger partial charge in [-0.15, -0.1) is 0 Å². The van der Waals surface area contributed by atoms with Crippen LogP contribution in [0.1, 0.15) is 11.1 Å². The van der Waals surface area contributed by atoms with E-state index < -0.39 is 4.92 Å². The number of hydrogen-bond donors (Lipinski definition) is 0. The maximum Gasteiger partial charge on any atom is 0.281 e. The third-order valence-corrected chi connectivity index (χ3v) is 4.23. The average Bonchev–Trinajstić information content (AvgIpc) is 2.71. The Labute approximate surface area is 156 Å². The van der Waals surface area contributed by atoms with Gasteiger partial charge in [-0.05, 0) is 28.5 Å². The monoisotopic (exact) mass is 360 g/mol. The molecule has 0 atom stereocenters.